The molecule has 1 aromatic carbocycles. The van der Waals surface area contributed by atoms with Gasteiger partial charge in [-0.05, 0) is 37.3 Å². The molecule has 1 aromatic rings. The van der Waals surface area contributed by atoms with Gasteiger partial charge in [0.25, 0.3) is 0 Å². The zero-order chi connectivity index (χ0) is 15.4. The monoisotopic (exact) mass is 288 g/mol. The van der Waals surface area contributed by atoms with Gasteiger partial charge in [-0.2, -0.15) is 0 Å². The van der Waals surface area contributed by atoms with E-state index >= 15 is 0 Å². The van der Waals surface area contributed by atoms with Crippen LogP contribution in [0.15, 0.2) is 30.3 Å². The van der Waals surface area contributed by atoms with E-state index < -0.39 is 0 Å². The predicted molar refractivity (Wildman–Crippen MR) is 87.0 cm³/mol. The van der Waals surface area contributed by atoms with Gasteiger partial charge in [-0.25, -0.2) is 0 Å². The molecule has 1 heterocycles. The molecule has 0 spiro atoms. The number of carbonyl (C=O) groups is 1. The highest BCUT2D eigenvalue weighted by Gasteiger charge is 2.37. The molecule has 0 aliphatic carbocycles. The summed E-state index contributed by atoms with van der Waals surface area (Å²) in [7, 11) is 0. The molecule has 4 unspecified atom stereocenters. The summed E-state index contributed by atoms with van der Waals surface area (Å²) in [5.41, 5.74) is 6.93. The first-order chi connectivity index (χ1) is 10.1. The van der Waals surface area contributed by atoms with Crippen LogP contribution in [0.4, 0.5) is 0 Å². The molecule has 0 bridgehead atoms. The van der Waals surface area contributed by atoms with Crippen LogP contribution in [-0.4, -0.2) is 29.9 Å². The summed E-state index contributed by atoms with van der Waals surface area (Å²) >= 11 is 0. The van der Waals surface area contributed by atoms with Gasteiger partial charge in [0.05, 0.1) is 5.92 Å². The van der Waals surface area contributed by atoms with Gasteiger partial charge < -0.3 is 10.6 Å². The second kappa shape index (κ2) is 7.08. The quantitative estimate of drug-likeness (QED) is 0.905. The zero-order valence-electron chi connectivity index (χ0n) is 13.5. The van der Waals surface area contributed by atoms with E-state index in [1.807, 2.05) is 18.2 Å². The smallest absolute Gasteiger partial charge is 0.230 e. The minimum absolute atomic E-state index is 0.0322. The molecule has 21 heavy (non-hydrogen) atoms. The van der Waals surface area contributed by atoms with Gasteiger partial charge in [-0.3, -0.25) is 4.79 Å². The highest BCUT2D eigenvalue weighted by Crippen LogP contribution is 2.33. The summed E-state index contributed by atoms with van der Waals surface area (Å²) < 4.78 is 0. The Morgan fingerprint density at radius 1 is 1.38 bits per heavy atom. The van der Waals surface area contributed by atoms with Gasteiger partial charge in [-0.1, -0.05) is 50.6 Å². The lowest BCUT2D eigenvalue weighted by Gasteiger charge is -2.30. The van der Waals surface area contributed by atoms with Crippen molar-refractivity contribution >= 4 is 5.91 Å². The minimum Gasteiger partial charge on any atom is -0.339 e. The Morgan fingerprint density at radius 2 is 2.05 bits per heavy atom. The standard InChI is InChI=1S/C18H28N2O/c1-4-13(2)17(16-8-6-5-7-9-16)18(21)20-12-15(11-19)10-14(20)3/h5-9,13-15,17H,4,10-12,19H2,1-3H3. The van der Waals surface area contributed by atoms with E-state index in [0.29, 0.717) is 24.4 Å². The first-order valence-corrected chi connectivity index (χ1v) is 8.13. The Morgan fingerprint density at radius 3 is 2.57 bits per heavy atom. The fraction of sp³-hybridized carbons (Fsp3) is 0.611. The molecule has 3 heteroatoms. The average Bonchev–Trinajstić information content (AvgIpc) is 2.89. The summed E-state index contributed by atoms with van der Waals surface area (Å²) in [5, 5.41) is 0. The molecule has 1 fully saturated rings. The normalized spacial score (nSPS) is 24.9. The number of amides is 1. The van der Waals surface area contributed by atoms with Crippen LogP contribution in [0.5, 0.6) is 0 Å². The highest BCUT2D eigenvalue weighted by atomic mass is 16.2. The van der Waals surface area contributed by atoms with Crippen LogP contribution < -0.4 is 5.73 Å². The van der Waals surface area contributed by atoms with Crippen molar-refractivity contribution in [1.82, 2.24) is 4.90 Å². The highest BCUT2D eigenvalue weighted by molar-refractivity contribution is 5.84. The molecule has 0 saturated carbocycles. The Labute approximate surface area is 128 Å². The van der Waals surface area contributed by atoms with Gasteiger partial charge in [0.1, 0.15) is 0 Å². The number of rotatable bonds is 5. The molecule has 4 atom stereocenters. The number of nitrogens with two attached hydrogens (primary N) is 1. The third kappa shape index (κ3) is 3.46. The molecule has 0 radical (unpaired) electrons. The number of benzene rings is 1. The molecular formula is C18H28N2O. The molecule has 0 aromatic heterocycles. The van der Waals surface area contributed by atoms with Crippen molar-refractivity contribution in [3.63, 3.8) is 0 Å². The molecular weight excluding hydrogens is 260 g/mol. The van der Waals surface area contributed by atoms with Gasteiger partial charge in [-0.15, -0.1) is 0 Å². The lowest BCUT2D eigenvalue weighted by atomic mass is 9.84. The van der Waals surface area contributed by atoms with E-state index in [-0.39, 0.29) is 11.8 Å². The lowest BCUT2D eigenvalue weighted by molar-refractivity contribution is -0.134. The SMILES string of the molecule is CCC(C)C(C(=O)N1CC(CN)CC1C)c1ccccc1. The summed E-state index contributed by atoms with van der Waals surface area (Å²) in [5.74, 6) is 1.05. The van der Waals surface area contributed by atoms with Gasteiger partial charge in [0.15, 0.2) is 0 Å². The average molecular weight is 288 g/mol. The summed E-state index contributed by atoms with van der Waals surface area (Å²) in [6, 6.07) is 10.5. The summed E-state index contributed by atoms with van der Waals surface area (Å²) in [6.45, 7) is 7.97. The number of hydrogen-bond acceptors (Lipinski definition) is 2. The number of nitrogens with zero attached hydrogens (tertiary/aromatic N) is 1. The van der Waals surface area contributed by atoms with E-state index in [0.717, 1.165) is 24.9 Å². The summed E-state index contributed by atoms with van der Waals surface area (Å²) in [6.07, 6.45) is 2.04. The van der Waals surface area contributed by atoms with Crippen LogP contribution in [0.25, 0.3) is 0 Å². The van der Waals surface area contributed by atoms with Gasteiger partial charge >= 0.3 is 0 Å². The second-order valence-corrected chi connectivity index (χ2v) is 6.45. The Kier molecular flexibility index (Phi) is 5.40. The van der Waals surface area contributed by atoms with Gasteiger partial charge in [0.2, 0.25) is 5.91 Å². The maximum atomic E-state index is 13.1. The van der Waals surface area contributed by atoms with E-state index in [2.05, 4.69) is 37.8 Å². The molecule has 116 valence electrons. The maximum absolute atomic E-state index is 13.1. The van der Waals surface area contributed by atoms with Crippen molar-refractivity contribution < 1.29 is 4.79 Å². The second-order valence-electron chi connectivity index (χ2n) is 6.45. The van der Waals surface area contributed by atoms with E-state index in [1.165, 1.54) is 0 Å². The molecule has 1 amide bonds. The molecule has 3 nitrogen and oxygen atoms in total. The number of hydrogen-bond donors (Lipinski definition) is 1. The van der Waals surface area contributed by atoms with Crippen molar-refractivity contribution in [2.24, 2.45) is 17.6 Å². The maximum Gasteiger partial charge on any atom is 0.230 e. The Balaban J connectivity index is 2.23. The number of likely N-dealkylation sites (tertiary alicyclic amines) is 1. The van der Waals surface area contributed by atoms with Crippen LogP contribution in [0.2, 0.25) is 0 Å². The zero-order valence-corrected chi connectivity index (χ0v) is 13.5. The largest absolute Gasteiger partial charge is 0.339 e. The molecule has 1 saturated heterocycles. The van der Waals surface area contributed by atoms with Crippen molar-refractivity contribution in [2.45, 2.75) is 45.6 Å². The molecule has 1 aliphatic rings. The van der Waals surface area contributed by atoms with Crippen LogP contribution in [-0.2, 0) is 4.79 Å². The van der Waals surface area contributed by atoms with Gasteiger partial charge in [0, 0.05) is 12.6 Å². The van der Waals surface area contributed by atoms with Crippen LogP contribution in [0.1, 0.15) is 45.1 Å². The Bertz CT molecular complexity index is 460. The number of carbonyl (C=O) groups excluding carboxylic acids is 1. The van der Waals surface area contributed by atoms with E-state index in [1.54, 1.807) is 0 Å². The third-order valence-corrected chi connectivity index (χ3v) is 4.92. The van der Waals surface area contributed by atoms with Crippen molar-refractivity contribution in [2.75, 3.05) is 13.1 Å². The summed E-state index contributed by atoms with van der Waals surface area (Å²) in [4.78, 5) is 15.2. The first kappa shape index (κ1) is 16.0. The fourth-order valence-corrected chi connectivity index (χ4v) is 3.41. The van der Waals surface area contributed by atoms with Crippen LogP contribution in [0.3, 0.4) is 0 Å². The minimum atomic E-state index is -0.0322. The lowest BCUT2D eigenvalue weighted by Crippen LogP contribution is -2.39. The van der Waals surface area contributed by atoms with E-state index in [4.69, 9.17) is 5.73 Å². The molecule has 2 N–H and O–H groups in total. The third-order valence-electron chi connectivity index (χ3n) is 4.92. The molecule has 1 aliphatic heterocycles. The van der Waals surface area contributed by atoms with Crippen molar-refractivity contribution in [3.05, 3.63) is 35.9 Å². The van der Waals surface area contributed by atoms with Crippen LogP contribution >= 0.6 is 0 Å². The predicted octanol–water partition coefficient (Wildman–Crippen LogP) is 3.01. The van der Waals surface area contributed by atoms with Crippen molar-refractivity contribution in [3.8, 4) is 0 Å². The first-order valence-electron chi connectivity index (χ1n) is 8.13. The Hall–Kier alpha value is -1.35. The topological polar surface area (TPSA) is 46.3 Å². The van der Waals surface area contributed by atoms with Crippen molar-refractivity contribution in [1.29, 1.82) is 0 Å². The fourth-order valence-electron chi connectivity index (χ4n) is 3.41. The molecule has 2 rings (SSSR count). The van der Waals surface area contributed by atoms with E-state index in [9.17, 15) is 4.79 Å². The van der Waals surface area contributed by atoms with Crippen LogP contribution in [0, 0.1) is 11.8 Å².